The quantitative estimate of drug-likeness (QED) is 0.262. The minimum absolute atomic E-state index is 0.0528. The van der Waals surface area contributed by atoms with Crippen molar-refractivity contribution in [2.24, 2.45) is 34.0 Å². The molecule has 1 heterocycles. The second kappa shape index (κ2) is 17.6. The van der Waals surface area contributed by atoms with Gasteiger partial charge in [-0.3, -0.25) is 14.4 Å². The first-order chi connectivity index (χ1) is 21.5. The van der Waals surface area contributed by atoms with Gasteiger partial charge in [0.15, 0.2) is 5.96 Å². The molecule has 0 spiro atoms. The predicted octanol–water partition coefficient (Wildman–Crippen LogP) is 4.66. The van der Waals surface area contributed by atoms with E-state index in [2.05, 4.69) is 4.99 Å². The van der Waals surface area contributed by atoms with E-state index in [-0.39, 0.29) is 49.0 Å². The van der Waals surface area contributed by atoms with Gasteiger partial charge in [-0.15, -0.1) is 0 Å². The van der Waals surface area contributed by atoms with Crippen LogP contribution in [0, 0.1) is 11.8 Å². The van der Waals surface area contributed by atoms with Gasteiger partial charge in [-0.25, -0.2) is 9.79 Å². The van der Waals surface area contributed by atoms with E-state index >= 15 is 0 Å². The molecule has 1 aliphatic heterocycles. The number of carboxylic acid groups (broad SMARTS) is 2. The number of hydrogen-bond donors (Lipinski definition) is 5. The summed E-state index contributed by atoms with van der Waals surface area (Å²) < 4.78 is 5.80. The van der Waals surface area contributed by atoms with E-state index in [4.69, 9.17) is 27.0 Å². The van der Waals surface area contributed by atoms with Crippen LogP contribution in [0.2, 0.25) is 0 Å². The fraction of sp³-hybridized carbons (Fsp3) is 0.485. The standard InChI is InChI=1S/C19H19N3O5.2C7H13NO/c20-19-21-15-7-6-14(27-13-4-2-1-3-5-13)10-12(15)11-22(19)16(18(25)26)8-9-17(23)24;2*8-7(9)6-4-2-1-3-5-6/h1-7,10,16H,8-9,11H2,(H2,20,21)(H,23,24)(H,25,26);2*6H,1-5H2,(H2,8,9). The number of carbonyl (C=O) groups is 4. The first-order valence-electron chi connectivity index (χ1n) is 15.5. The van der Waals surface area contributed by atoms with Crippen molar-refractivity contribution in [3.8, 4) is 11.5 Å². The van der Waals surface area contributed by atoms with Crippen molar-refractivity contribution in [3.05, 3.63) is 54.1 Å². The average molecular weight is 624 g/mol. The van der Waals surface area contributed by atoms with E-state index in [9.17, 15) is 24.3 Å². The lowest BCUT2D eigenvalue weighted by molar-refractivity contribution is -0.143. The average Bonchev–Trinajstić information content (AvgIpc) is 3.03. The molecule has 2 saturated carbocycles. The molecular weight excluding hydrogens is 578 g/mol. The monoisotopic (exact) mass is 623 g/mol. The SMILES string of the molecule is NC(=O)C1CCCCC1.NC(=O)C1CCCCC1.NC1=Nc2ccc(Oc3ccccc3)cc2CN1C(CCC(=O)O)C(=O)O. The van der Waals surface area contributed by atoms with Crippen LogP contribution in [0.15, 0.2) is 53.5 Å². The molecule has 2 aliphatic carbocycles. The van der Waals surface area contributed by atoms with Crippen molar-refractivity contribution >= 4 is 35.4 Å². The van der Waals surface area contributed by atoms with Crippen LogP contribution >= 0.6 is 0 Å². The van der Waals surface area contributed by atoms with E-state index < -0.39 is 18.0 Å². The molecular formula is C33H45N5O7. The van der Waals surface area contributed by atoms with Crippen LogP contribution in [0.3, 0.4) is 0 Å². The predicted molar refractivity (Wildman–Crippen MR) is 170 cm³/mol. The number of ether oxygens (including phenoxy) is 1. The van der Waals surface area contributed by atoms with Gasteiger partial charge in [-0.2, -0.15) is 0 Å². The minimum Gasteiger partial charge on any atom is -0.481 e. The molecule has 5 rings (SSSR count). The van der Waals surface area contributed by atoms with Gasteiger partial charge in [0.05, 0.1) is 5.69 Å². The van der Waals surface area contributed by atoms with Crippen molar-refractivity contribution in [2.45, 2.75) is 89.6 Å². The van der Waals surface area contributed by atoms with Gasteiger partial charge in [0.1, 0.15) is 17.5 Å². The zero-order valence-corrected chi connectivity index (χ0v) is 25.6. The lowest BCUT2D eigenvalue weighted by Gasteiger charge is -2.33. The van der Waals surface area contributed by atoms with E-state index in [1.54, 1.807) is 18.2 Å². The third kappa shape index (κ3) is 11.4. The number of amides is 2. The van der Waals surface area contributed by atoms with Gasteiger partial charge in [-0.05, 0) is 62.4 Å². The number of aliphatic imine (C=N–C) groups is 1. The third-order valence-corrected chi connectivity index (χ3v) is 8.21. The molecule has 244 valence electrons. The molecule has 0 saturated heterocycles. The first-order valence-corrected chi connectivity index (χ1v) is 15.5. The number of fused-ring (bicyclic) bond motifs is 1. The van der Waals surface area contributed by atoms with Crippen molar-refractivity contribution < 1.29 is 34.1 Å². The van der Waals surface area contributed by atoms with Crippen molar-refractivity contribution in [1.82, 2.24) is 4.90 Å². The fourth-order valence-electron chi connectivity index (χ4n) is 5.65. The minimum atomic E-state index is -1.14. The molecule has 8 N–H and O–H groups in total. The van der Waals surface area contributed by atoms with E-state index in [0.29, 0.717) is 17.2 Å². The van der Waals surface area contributed by atoms with Crippen LogP contribution in [0.5, 0.6) is 11.5 Å². The van der Waals surface area contributed by atoms with Gasteiger partial charge in [0, 0.05) is 30.4 Å². The fourth-order valence-corrected chi connectivity index (χ4v) is 5.65. The van der Waals surface area contributed by atoms with Crippen LogP contribution in [0.4, 0.5) is 5.69 Å². The van der Waals surface area contributed by atoms with Gasteiger partial charge in [0.2, 0.25) is 11.8 Å². The Kier molecular flexibility index (Phi) is 13.7. The summed E-state index contributed by atoms with van der Waals surface area (Å²) in [5, 5.41) is 18.3. The Labute approximate surface area is 263 Å². The molecule has 2 aromatic rings. The molecule has 2 amide bonds. The number of nitrogens with zero attached hydrogens (tertiary/aromatic N) is 2. The normalized spacial score (nSPS) is 17.2. The Hall–Kier alpha value is -4.61. The number of guanidine groups is 1. The van der Waals surface area contributed by atoms with E-state index in [0.717, 1.165) is 31.2 Å². The Bertz CT molecular complexity index is 1290. The van der Waals surface area contributed by atoms with Crippen molar-refractivity contribution in [2.75, 3.05) is 0 Å². The largest absolute Gasteiger partial charge is 0.481 e. The molecule has 2 aromatic carbocycles. The summed E-state index contributed by atoms with van der Waals surface area (Å²) in [4.78, 5) is 49.2. The molecule has 1 atom stereocenters. The zero-order chi connectivity index (χ0) is 32.8. The smallest absolute Gasteiger partial charge is 0.326 e. The molecule has 3 aliphatic rings. The van der Waals surface area contributed by atoms with Crippen molar-refractivity contribution in [3.63, 3.8) is 0 Å². The highest BCUT2D eigenvalue weighted by molar-refractivity contribution is 5.88. The topological polar surface area (TPSA) is 212 Å². The highest BCUT2D eigenvalue weighted by atomic mass is 16.5. The second-order valence-corrected chi connectivity index (χ2v) is 11.6. The molecule has 2 fully saturated rings. The van der Waals surface area contributed by atoms with Crippen LogP contribution in [-0.4, -0.2) is 50.9 Å². The lowest BCUT2D eigenvalue weighted by Crippen LogP contribution is -2.49. The maximum absolute atomic E-state index is 11.6. The molecule has 45 heavy (non-hydrogen) atoms. The van der Waals surface area contributed by atoms with E-state index in [1.807, 2.05) is 30.3 Å². The number of para-hydroxylation sites is 1. The third-order valence-electron chi connectivity index (χ3n) is 8.21. The Balaban J connectivity index is 0.000000248. The summed E-state index contributed by atoms with van der Waals surface area (Å²) in [6.07, 6.45) is 11.1. The van der Waals surface area contributed by atoms with Crippen LogP contribution in [0.25, 0.3) is 0 Å². The molecule has 0 radical (unpaired) electrons. The van der Waals surface area contributed by atoms with Gasteiger partial charge < -0.3 is 37.1 Å². The number of carboxylic acids is 2. The summed E-state index contributed by atoms with van der Waals surface area (Å²) in [6, 6.07) is 13.5. The second-order valence-electron chi connectivity index (χ2n) is 11.6. The summed E-state index contributed by atoms with van der Waals surface area (Å²) in [5.41, 5.74) is 17.6. The van der Waals surface area contributed by atoms with Crippen LogP contribution in [-0.2, 0) is 25.7 Å². The van der Waals surface area contributed by atoms with E-state index in [1.165, 1.54) is 43.4 Å². The molecule has 12 heteroatoms. The first kappa shape index (κ1) is 34.9. The Morgan fingerprint density at radius 3 is 1.84 bits per heavy atom. The summed E-state index contributed by atoms with van der Waals surface area (Å²) in [6.45, 7) is 0.202. The molecule has 0 bridgehead atoms. The number of carbonyl (C=O) groups excluding carboxylic acids is 2. The maximum Gasteiger partial charge on any atom is 0.326 e. The highest BCUT2D eigenvalue weighted by Gasteiger charge is 2.31. The Morgan fingerprint density at radius 1 is 0.822 bits per heavy atom. The number of aliphatic carboxylic acids is 2. The Morgan fingerprint density at radius 2 is 1.38 bits per heavy atom. The van der Waals surface area contributed by atoms with Crippen LogP contribution < -0.4 is 21.9 Å². The summed E-state index contributed by atoms with van der Waals surface area (Å²) in [7, 11) is 0. The highest BCUT2D eigenvalue weighted by Crippen LogP contribution is 2.32. The number of rotatable bonds is 9. The van der Waals surface area contributed by atoms with Gasteiger partial charge >= 0.3 is 11.9 Å². The van der Waals surface area contributed by atoms with Gasteiger partial charge in [0.25, 0.3) is 0 Å². The lowest BCUT2D eigenvalue weighted by atomic mass is 9.89. The number of benzene rings is 2. The molecule has 1 unspecified atom stereocenters. The molecule has 0 aromatic heterocycles. The number of primary amides is 2. The zero-order valence-electron chi connectivity index (χ0n) is 25.6. The number of nitrogens with two attached hydrogens (primary N) is 3. The summed E-state index contributed by atoms with van der Waals surface area (Å²) in [5.74, 6) is -0.702. The van der Waals surface area contributed by atoms with Crippen LogP contribution in [0.1, 0.15) is 82.6 Å². The van der Waals surface area contributed by atoms with Crippen molar-refractivity contribution in [1.29, 1.82) is 0 Å². The molecule has 12 nitrogen and oxygen atoms in total. The number of hydrogen-bond acceptors (Lipinski definition) is 8. The van der Waals surface area contributed by atoms with Gasteiger partial charge in [-0.1, -0.05) is 56.7 Å². The maximum atomic E-state index is 11.6. The summed E-state index contributed by atoms with van der Waals surface area (Å²) >= 11 is 0.